The van der Waals surface area contributed by atoms with Gasteiger partial charge in [-0.25, -0.2) is 18.4 Å². The van der Waals surface area contributed by atoms with Crippen LogP contribution in [0.15, 0.2) is 78.0 Å². The van der Waals surface area contributed by atoms with Gasteiger partial charge in [-0.05, 0) is 42.3 Å². The van der Waals surface area contributed by atoms with Gasteiger partial charge in [0, 0.05) is 18.0 Å². The van der Waals surface area contributed by atoms with E-state index in [0.29, 0.717) is 11.0 Å². The summed E-state index contributed by atoms with van der Waals surface area (Å²) in [6.07, 6.45) is 4.17. The number of pyridine rings is 1. The van der Waals surface area contributed by atoms with Crippen molar-refractivity contribution in [1.82, 2.24) is 15.0 Å². The number of para-hydroxylation sites is 2. The minimum Gasteiger partial charge on any atom is -0.470 e. The molecule has 2 aromatic carbocycles. The van der Waals surface area contributed by atoms with E-state index in [1.807, 2.05) is 25.1 Å². The van der Waals surface area contributed by atoms with E-state index >= 15 is 0 Å². The van der Waals surface area contributed by atoms with Crippen LogP contribution in [0.1, 0.15) is 18.1 Å². The standard InChI is InChI=1S/C22H20N4O3S/c1-2-16-9-11-18(12-10-16)30(27,28)26-21-22(29-15-17-6-5-13-23-14-17)25-20-8-4-3-7-19(20)24-21/h3-14H,2,15H2,1H3,(H,24,26). The van der Waals surface area contributed by atoms with Crippen LogP contribution in [0.2, 0.25) is 0 Å². The van der Waals surface area contributed by atoms with Crippen LogP contribution in [0, 0.1) is 0 Å². The minimum absolute atomic E-state index is 0.0390. The fourth-order valence-corrected chi connectivity index (χ4v) is 3.88. The van der Waals surface area contributed by atoms with Crippen LogP contribution in [0.5, 0.6) is 5.88 Å². The third-order valence-electron chi connectivity index (χ3n) is 4.51. The summed E-state index contributed by atoms with van der Waals surface area (Å²) < 4.78 is 34.2. The van der Waals surface area contributed by atoms with Crippen molar-refractivity contribution in [2.75, 3.05) is 4.72 Å². The Labute approximate surface area is 174 Å². The molecule has 0 atom stereocenters. The summed E-state index contributed by atoms with van der Waals surface area (Å²) in [4.78, 5) is 13.1. The number of aromatic nitrogens is 3. The van der Waals surface area contributed by atoms with Crippen LogP contribution in [0.4, 0.5) is 5.82 Å². The highest BCUT2D eigenvalue weighted by Crippen LogP contribution is 2.27. The number of sulfonamides is 1. The minimum atomic E-state index is -3.86. The lowest BCUT2D eigenvalue weighted by Gasteiger charge is -2.13. The van der Waals surface area contributed by atoms with Gasteiger partial charge in [0.05, 0.1) is 15.9 Å². The molecule has 2 aromatic heterocycles. The van der Waals surface area contributed by atoms with E-state index < -0.39 is 10.0 Å². The predicted octanol–water partition coefficient (Wildman–Crippen LogP) is 3.97. The van der Waals surface area contributed by atoms with Crippen molar-refractivity contribution in [3.05, 3.63) is 84.2 Å². The summed E-state index contributed by atoms with van der Waals surface area (Å²) in [5, 5.41) is 0. The Morgan fingerprint density at radius 2 is 1.63 bits per heavy atom. The Hall–Kier alpha value is -3.52. The molecule has 152 valence electrons. The monoisotopic (exact) mass is 420 g/mol. The highest BCUT2D eigenvalue weighted by atomic mass is 32.2. The van der Waals surface area contributed by atoms with E-state index in [2.05, 4.69) is 19.7 Å². The van der Waals surface area contributed by atoms with Gasteiger partial charge in [-0.3, -0.25) is 9.71 Å². The second-order valence-electron chi connectivity index (χ2n) is 6.62. The van der Waals surface area contributed by atoms with Gasteiger partial charge in [-0.15, -0.1) is 0 Å². The van der Waals surface area contributed by atoms with Crippen LogP contribution in [0.3, 0.4) is 0 Å². The summed E-state index contributed by atoms with van der Waals surface area (Å²) in [7, 11) is -3.86. The van der Waals surface area contributed by atoms with Crippen molar-refractivity contribution in [1.29, 1.82) is 0 Å². The molecule has 7 nitrogen and oxygen atoms in total. The molecule has 1 N–H and O–H groups in total. The van der Waals surface area contributed by atoms with Gasteiger partial charge in [-0.1, -0.05) is 37.3 Å². The van der Waals surface area contributed by atoms with Crippen molar-refractivity contribution in [2.24, 2.45) is 0 Å². The van der Waals surface area contributed by atoms with Gasteiger partial charge in [0.25, 0.3) is 15.9 Å². The lowest BCUT2D eigenvalue weighted by Crippen LogP contribution is -2.16. The molecule has 2 heterocycles. The molecule has 0 saturated heterocycles. The van der Waals surface area contributed by atoms with E-state index in [1.165, 1.54) is 0 Å². The number of nitrogens with zero attached hydrogens (tertiary/aromatic N) is 3. The molecule has 0 fully saturated rings. The normalized spacial score (nSPS) is 11.4. The predicted molar refractivity (Wildman–Crippen MR) is 115 cm³/mol. The van der Waals surface area contributed by atoms with E-state index in [-0.39, 0.29) is 23.2 Å². The van der Waals surface area contributed by atoms with Gasteiger partial charge in [0.1, 0.15) is 6.61 Å². The maximum Gasteiger partial charge on any atom is 0.263 e. The molecule has 0 bridgehead atoms. The highest BCUT2D eigenvalue weighted by molar-refractivity contribution is 7.92. The first-order chi connectivity index (χ1) is 14.5. The van der Waals surface area contributed by atoms with Crippen LogP contribution in [0.25, 0.3) is 11.0 Å². The van der Waals surface area contributed by atoms with E-state index in [4.69, 9.17) is 4.74 Å². The van der Waals surface area contributed by atoms with Crippen molar-refractivity contribution >= 4 is 26.9 Å². The van der Waals surface area contributed by atoms with Crippen molar-refractivity contribution in [2.45, 2.75) is 24.8 Å². The quantitative estimate of drug-likeness (QED) is 0.486. The molecule has 4 aromatic rings. The van der Waals surface area contributed by atoms with Gasteiger partial charge in [0.2, 0.25) is 5.82 Å². The first kappa shape index (κ1) is 19.8. The SMILES string of the molecule is CCc1ccc(S(=O)(=O)Nc2nc3ccccc3nc2OCc2cccnc2)cc1. The van der Waals surface area contributed by atoms with E-state index in [0.717, 1.165) is 17.5 Å². The van der Waals surface area contributed by atoms with E-state index in [1.54, 1.807) is 54.9 Å². The van der Waals surface area contributed by atoms with Crippen molar-refractivity contribution in [3.8, 4) is 5.88 Å². The summed E-state index contributed by atoms with van der Waals surface area (Å²) >= 11 is 0. The number of hydrogen-bond acceptors (Lipinski definition) is 6. The number of rotatable bonds is 7. The Bertz CT molecular complexity index is 1260. The second-order valence-corrected chi connectivity index (χ2v) is 8.30. The van der Waals surface area contributed by atoms with Gasteiger partial charge in [0.15, 0.2) is 0 Å². The Balaban J connectivity index is 1.68. The van der Waals surface area contributed by atoms with E-state index in [9.17, 15) is 8.42 Å². The zero-order valence-corrected chi connectivity index (χ0v) is 17.1. The zero-order chi connectivity index (χ0) is 21.0. The summed E-state index contributed by atoms with van der Waals surface area (Å²) in [6.45, 7) is 2.19. The topological polar surface area (TPSA) is 94.1 Å². The van der Waals surface area contributed by atoms with Gasteiger partial charge in [-0.2, -0.15) is 0 Å². The Morgan fingerprint density at radius 3 is 2.30 bits per heavy atom. The zero-order valence-electron chi connectivity index (χ0n) is 16.3. The number of aryl methyl sites for hydroxylation is 1. The number of benzene rings is 2. The average Bonchev–Trinajstić information content (AvgIpc) is 2.78. The fraction of sp³-hybridized carbons (Fsp3) is 0.136. The molecule has 0 saturated carbocycles. The second kappa shape index (κ2) is 8.46. The maximum absolute atomic E-state index is 12.9. The molecule has 0 spiro atoms. The third-order valence-corrected chi connectivity index (χ3v) is 5.86. The average molecular weight is 420 g/mol. The highest BCUT2D eigenvalue weighted by Gasteiger charge is 2.20. The van der Waals surface area contributed by atoms with Gasteiger partial charge >= 0.3 is 0 Å². The number of anilines is 1. The molecule has 30 heavy (non-hydrogen) atoms. The molecule has 0 unspecified atom stereocenters. The van der Waals surface area contributed by atoms with Crippen LogP contribution >= 0.6 is 0 Å². The molecule has 0 radical (unpaired) electrons. The lowest BCUT2D eigenvalue weighted by atomic mass is 10.2. The molecule has 4 rings (SSSR count). The largest absolute Gasteiger partial charge is 0.470 e. The molecule has 0 aliphatic rings. The lowest BCUT2D eigenvalue weighted by molar-refractivity contribution is 0.295. The van der Waals surface area contributed by atoms with Crippen LogP contribution in [-0.2, 0) is 23.1 Å². The van der Waals surface area contributed by atoms with Crippen molar-refractivity contribution < 1.29 is 13.2 Å². The number of fused-ring (bicyclic) bond motifs is 1. The third kappa shape index (κ3) is 4.38. The maximum atomic E-state index is 12.9. The Morgan fingerprint density at radius 1 is 0.900 bits per heavy atom. The molecule has 0 aliphatic carbocycles. The van der Waals surface area contributed by atoms with Crippen molar-refractivity contribution in [3.63, 3.8) is 0 Å². The number of nitrogens with one attached hydrogen (secondary N) is 1. The molecule has 8 heteroatoms. The van der Waals surface area contributed by atoms with Gasteiger partial charge < -0.3 is 4.74 Å². The number of hydrogen-bond donors (Lipinski definition) is 1. The van der Waals surface area contributed by atoms with Crippen LogP contribution in [-0.4, -0.2) is 23.4 Å². The number of ether oxygens (including phenoxy) is 1. The first-order valence-electron chi connectivity index (χ1n) is 9.45. The molecule has 0 aliphatic heterocycles. The fourth-order valence-electron chi connectivity index (χ4n) is 2.88. The summed E-state index contributed by atoms with van der Waals surface area (Å²) in [5.41, 5.74) is 3.05. The molecular weight excluding hydrogens is 400 g/mol. The summed E-state index contributed by atoms with van der Waals surface area (Å²) in [5.74, 6) is 0.142. The smallest absolute Gasteiger partial charge is 0.263 e. The van der Waals surface area contributed by atoms with Crippen LogP contribution < -0.4 is 9.46 Å². The molecular formula is C22H20N4O3S. The Kier molecular flexibility index (Phi) is 5.58. The summed E-state index contributed by atoms with van der Waals surface area (Å²) in [6, 6.07) is 17.6. The molecule has 0 amide bonds. The first-order valence-corrected chi connectivity index (χ1v) is 10.9.